The predicted octanol–water partition coefficient (Wildman–Crippen LogP) is 23.5. The van der Waals surface area contributed by atoms with Gasteiger partial charge in [0.1, 0.15) is 19.3 Å². The van der Waals surface area contributed by atoms with E-state index in [9.17, 15) is 43.2 Å². The smallest absolute Gasteiger partial charge is 0.462 e. The van der Waals surface area contributed by atoms with Crippen LogP contribution in [0.25, 0.3) is 0 Å². The molecule has 0 saturated carbocycles. The van der Waals surface area contributed by atoms with Gasteiger partial charge in [0.15, 0.2) is 12.2 Å². The van der Waals surface area contributed by atoms with E-state index >= 15 is 0 Å². The monoisotopic (exact) mass is 1460 g/mol. The van der Waals surface area contributed by atoms with E-state index in [-0.39, 0.29) is 25.7 Å². The van der Waals surface area contributed by atoms with Gasteiger partial charge in [0.2, 0.25) is 0 Å². The van der Waals surface area contributed by atoms with Crippen molar-refractivity contribution in [2.75, 3.05) is 39.6 Å². The van der Waals surface area contributed by atoms with Crippen LogP contribution in [0.3, 0.4) is 0 Å². The zero-order chi connectivity index (χ0) is 73.2. The SMILES string of the molecule is CC/C=C\C/C=C\C/C=C\C/C=C\C/C=C\CCCCCC(=O)O[C@H](COC(=O)CCCCCCCCCCCCCCC)COP(=O)(O)OC[C@@H](O)COP(=O)(O)OC[C@@H](COC(=O)CCCCCCCCCCCCCCC)OC(=O)CCCCCCCCCCCCCCCCC. The molecular weight excluding hydrogens is 1310 g/mol. The van der Waals surface area contributed by atoms with Gasteiger partial charge in [-0.1, -0.05) is 339 Å². The number of hydrogen-bond donors (Lipinski definition) is 3. The molecule has 0 fully saturated rings. The van der Waals surface area contributed by atoms with Crippen LogP contribution in [0.5, 0.6) is 0 Å². The molecule has 3 N–H and O–H groups in total. The molecule has 2 unspecified atom stereocenters. The Labute approximate surface area is 610 Å². The summed E-state index contributed by atoms with van der Waals surface area (Å²) >= 11 is 0. The van der Waals surface area contributed by atoms with Gasteiger partial charge in [-0.3, -0.25) is 37.3 Å². The minimum absolute atomic E-state index is 0.0609. The first-order valence-electron chi connectivity index (χ1n) is 40.5. The van der Waals surface area contributed by atoms with E-state index in [1.165, 1.54) is 180 Å². The molecule has 17 nitrogen and oxygen atoms in total. The first-order valence-corrected chi connectivity index (χ1v) is 43.5. The van der Waals surface area contributed by atoms with Gasteiger partial charge in [-0.25, -0.2) is 9.13 Å². The molecule has 0 spiro atoms. The molecule has 5 atom stereocenters. The molecule has 0 aromatic carbocycles. The highest BCUT2D eigenvalue weighted by Crippen LogP contribution is 2.45. The van der Waals surface area contributed by atoms with Crippen molar-refractivity contribution < 1.29 is 80.2 Å². The molecule has 0 amide bonds. The summed E-state index contributed by atoms with van der Waals surface area (Å²) < 4.78 is 68.6. The summed E-state index contributed by atoms with van der Waals surface area (Å²) in [4.78, 5) is 73.0. The van der Waals surface area contributed by atoms with Crippen molar-refractivity contribution in [3.8, 4) is 0 Å². The number of phosphoric acid groups is 2. The largest absolute Gasteiger partial charge is 0.472 e. The minimum Gasteiger partial charge on any atom is -0.462 e. The number of aliphatic hydroxyl groups is 1. The Morgan fingerprint density at radius 3 is 0.800 bits per heavy atom. The second kappa shape index (κ2) is 74.0. The maximum Gasteiger partial charge on any atom is 0.472 e. The van der Waals surface area contributed by atoms with Crippen LogP contribution in [-0.4, -0.2) is 96.7 Å². The lowest BCUT2D eigenvalue weighted by Crippen LogP contribution is -2.30. The van der Waals surface area contributed by atoms with E-state index in [4.69, 9.17) is 37.0 Å². The zero-order valence-corrected chi connectivity index (χ0v) is 65.7. The highest BCUT2D eigenvalue weighted by atomic mass is 31.2. The number of hydrogen-bond acceptors (Lipinski definition) is 15. The molecule has 0 rings (SSSR count). The van der Waals surface area contributed by atoms with E-state index in [0.717, 1.165) is 116 Å². The Bertz CT molecular complexity index is 2130. The third-order valence-corrected chi connectivity index (χ3v) is 19.4. The molecule has 0 aliphatic heterocycles. The molecule has 0 heterocycles. The van der Waals surface area contributed by atoms with Crippen molar-refractivity contribution in [3.63, 3.8) is 0 Å². The maximum absolute atomic E-state index is 13.1. The Morgan fingerprint density at radius 2 is 0.520 bits per heavy atom. The number of allylic oxidation sites excluding steroid dienone is 10. The van der Waals surface area contributed by atoms with Crippen LogP contribution in [0.4, 0.5) is 0 Å². The molecule has 0 aromatic rings. The van der Waals surface area contributed by atoms with Crippen LogP contribution < -0.4 is 0 Å². The number of aliphatic hydroxyl groups excluding tert-OH is 1. The summed E-state index contributed by atoms with van der Waals surface area (Å²) in [6.07, 6.45) is 73.3. The van der Waals surface area contributed by atoms with Crippen molar-refractivity contribution in [2.45, 2.75) is 393 Å². The summed E-state index contributed by atoms with van der Waals surface area (Å²) in [5.41, 5.74) is 0. The fraction of sp³-hybridized carbons (Fsp3) is 0.827. The molecule has 0 bridgehead atoms. The van der Waals surface area contributed by atoms with Gasteiger partial charge < -0.3 is 33.8 Å². The van der Waals surface area contributed by atoms with Crippen molar-refractivity contribution >= 4 is 39.5 Å². The predicted molar refractivity (Wildman–Crippen MR) is 409 cm³/mol. The fourth-order valence-electron chi connectivity index (χ4n) is 11.4. The molecule has 0 radical (unpaired) electrons. The van der Waals surface area contributed by atoms with Gasteiger partial charge in [-0.2, -0.15) is 0 Å². The quantitative estimate of drug-likeness (QED) is 0.0169. The molecular formula is C81H148O17P2. The van der Waals surface area contributed by atoms with Gasteiger partial charge in [-0.05, 0) is 70.6 Å². The summed E-state index contributed by atoms with van der Waals surface area (Å²) in [6, 6.07) is 0. The van der Waals surface area contributed by atoms with Crippen LogP contribution >= 0.6 is 15.6 Å². The normalized spacial score (nSPS) is 14.2. The van der Waals surface area contributed by atoms with E-state index in [1.54, 1.807) is 0 Å². The average molecular weight is 1460 g/mol. The Hall–Kier alpha value is -3.24. The number of carbonyl (C=O) groups excluding carboxylic acids is 4. The van der Waals surface area contributed by atoms with Gasteiger partial charge in [0, 0.05) is 25.7 Å². The fourth-order valence-corrected chi connectivity index (χ4v) is 12.9. The lowest BCUT2D eigenvalue weighted by Gasteiger charge is -2.21. The van der Waals surface area contributed by atoms with E-state index < -0.39 is 97.5 Å². The van der Waals surface area contributed by atoms with E-state index in [2.05, 4.69) is 88.5 Å². The second-order valence-corrected chi connectivity index (χ2v) is 30.3. The van der Waals surface area contributed by atoms with E-state index in [1.807, 2.05) is 0 Å². The number of phosphoric ester groups is 2. The third-order valence-electron chi connectivity index (χ3n) is 17.5. The van der Waals surface area contributed by atoms with Crippen molar-refractivity contribution in [3.05, 3.63) is 60.8 Å². The molecule has 0 aliphatic carbocycles. The lowest BCUT2D eigenvalue weighted by molar-refractivity contribution is -0.161. The molecule has 100 heavy (non-hydrogen) atoms. The first kappa shape index (κ1) is 96.8. The molecule has 0 aliphatic rings. The molecule has 0 aromatic heterocycles. The van der Waals surface area contributed by atoms with Gasteiger partial charge in [0.05, 0.1) is 26.4 Å². The van der Waals surface area contributed by atoms with E-state index in [0.29, 0.717) is 25.7 Å². The zero-order valence-electron chi connectivity index (χ0n) is 63.9. The Kier molecular flexibility index (Phi) is 71.6. The number of esters is 4. The summed E-state index contributed by atoms with van der Waals surface area (Å²) in [5, 5.41) is 10.6. The highest BCUT2D eigenvalue weighted by Gasteiger charge is 2.30. The highest BCUT2D eigenvalue weighted by molar-refractivity contribution is 7.47. The molecule has 584 valence electrons. The number of ether oxygens (including phenoxy) is 4. The van der Waals surface area contributed by atoms with Crippen LogP contribution in [0.2, 0.25) is 0 Å². The second-order valence-electron chi connectivity index (χ2n) is 27.4. The van der Waals surface area contributed by atoms with Crippen LogP contribution in [0.1, 0.15) is 374 Å². The molecule has 19 heteroatoms. The van der Waals surface area contributed by atoms with Gasteiger partial charge in [-0.15, -0.1) is 0 Å². The number of carbonyl (C=O) groups is 4. The van der Waals surface area contributed by atoms with Crippen molar-refractivity contribution in [2.24, 2.45) is 0 Å². The van der Waals surface area contributed by atoms with Crippen LogP contribution in [-0.2, 0) is 65.4 Å². The first-order chi connectivity index (χ1) is 48.7. The van der Waals surface area contributed by atoms with Gasteiger partial charge >= 0.3 is 39.5 Å². The Balaban J connectivity index is 5.34. The van der Waals surface area contributed by atoms with Crippen LogP contribution in [0, 0.1) is 0 Å². The lowest BCUT2D eigenvalue weighted by atomic mass is 10.0. The summed E-state index contributed by atoms with van der Waals surface area (Å²) in [5.74, 6) is -2.17. The average Bonchev–Trinajstić information content (AvgIpc) is 1.01. The third kappa shape index (κ3) is 73.1. The van der Waals surface area contributed by atoms with Gasteiger partial charge in [0.25, 0.3) is 0 Å². The number of unbranched alkanes of at least 4 members (excludes halogenated alkanes) is 41. The number of rotatable bonds is 77. The standard InChI is InChI=1S/C81H148O17P2/c1-5-9-13-17-21-25-29-33-35-36-37-38-40-44-48-52-56-60-64-68-81(86)98-77(72-92-79(84)66-62-58-54-50-46-42-32-28-24-20-16-12-8-4)74-96-100(89,90)94-70-75(82)69-93-99(87,88)95-73-76(71-91-78(83)65-61-57-53-49-45-41-31-27-23-19-15-11-7-3)97-80(85)67-63-59-55-51-47-43-39-34-30-26-22-18-14-10-6-2/h9,13,21,25,33,35,37-38,44,48,75-77,82H,5-8,10-12,14-20,22-24,26-32,34,36,39-43,45-47,49-74H2,1-4H3,(H,87,88)(H,89,90)/b13-9-,25-21-,35-33-,38-37-,48-44-/t75-,76+,77+/m0/s1. The summed E-state index contributed by atoms with van der Waals surface area (Å²) in [7, 11) is -9.94. The van der Waals surface area contributed by atoms with Crippen molar-refractivity contribution in [1.82, 2.24) is 0 Å². The molecule has 0 saturated heterocycles. The minimum atomic E-state index is -4.98. The van der Waals surface area contributed by atoms with Crippen LogP contribution in [0.15, 0.2) is 60.8 Å². The maximum atomic E-state index is 13.1. The topological polar surface area (TPSA) is 237 Å². The summed E-state index contributed by atoms with van der Waals surface area (Å²) in [6.45, 7) is 4.81. The van der Waals surface area contributed by atoms with Crippen molar-refractivity contribution in [1.29, 1.82) is 0 Å². The Morgan fingerprint density at radius 1 is 0.290 bits per heavy atom.